The molecule has 2 aromatic carbocycles. The van der Waals surface area contributed by atoms with Gasteiger partial charge in [-0.15, -0.1) is 16.8 Å². The number of rotatable bonds is 9. The van der Waals surface area contributed by atoms with Crippen molar-refractivity contribution in [2.24, 2.45) is 0 Å². The fourth-order valence-electron chi connectivity index (χ4n) is 2.90. The fourth-order valence-corrected chi connectivity index (χ4v) is 3.66. The molecule has 0 aliphatic carbocycles. The van der Waals surface area contributed by atoms with E-state index in [-0.39, 0.29) is 24.1 Å². The molecule has 8 heteroatoms. The maximum Gasteiger partial charge on any atom is 0.234 e. The molecule has 1 amide bonds. The first-order chi connectivity index (χ1) is 14.4. The van der Waals surface area contributed by atoms with Crippen LogP contribution in [0.25, 0.3) is 0 Å². The van der Waals surface area contributed by atoms with Crippen LogP contribution in [0.1, 0.15) is 17.0 Å². The number of nitrogens with one attached hydrogen (secondary N) is 1. The molecule has 0 spiro atoms. The van der Waals surface area contributed by atoms with Crippen molar-refractivity contribution >= 4 is 23.4 Å². The summed E-state index contributed by atoms with van der Waals surface area (Å²) in [5.74, 6) is 0.876. The minimum Gasteiger partial charge on any atom is -0.486 e. The molecule has 0 unspecified atom stereocenters. The smallest absolute Gasteiger partial charge is 0.234 e. The highest BCUT2D eigenvalue weighted by atomic mass is 32.2. The molecule has 0 aliphatic rings. The third-order valence-electron chi connectivity index (χ3n) is 4.12. The zero-order valence-electron chi connectivity index (χ0n) is 16.9. The van der Waals surface area contributed by atoms with Gasteiger partial charge in [0.05, 0.1) is 5.75 Å². The number of hydrogen-bond donors (Lipinski definition) is 1. The Morgan fingerprint density at radius 3 is 2.57 bits per heavy atom. The van der Waals surface area contributed by atoms with Crippen LogP contribution < -0.4 is 10.1 Å². The maximum atomic E-state index is 13.0. The van der Waals surface area contributed by atoms with E-state index >= 15 is 0 Å². The van der Waals surface area contributed by atoms with Gasteiger partial charge in [0.2, 0.25) is 5.91 Å². The Hall–Kier alpha value is -3.13. The van der Waals surface area contributed by atoms with Gasteiger partial charge in [-0.05, 0) is 61.4 Å². The number of halogens is 1. The number of ether oxygens (including phenoxy) is 1. The lowest BCUT2D eigenvalue weighted by Crippen LogP contribution is -2.15. The van der Waals surface area contributed by atoms with E-state index in [2.05, 4.69) is 28.2 Å². The lowest BCUT2D eigenvalue weighted by atomic mass is 10.1. The molecule has 3 aromatic rings. The summed E-state index contributed by atoms with van der Waals surface area (Å²) in [6.07, 6.45) is 1.73. The SMILES string of the molecule is C=CCn1c(COc2ccc(F)cc2)nnc1SCC(=O)Nc1cc(C)cc(C)c1. The molecule has 1 heterocycles. The van der Waals surface area contributed by atoms with Crippen LogP contribution >= 0.6 is 11.8 Å². The third-order valence-corrected chi connectivity index (χ3v) is 5.09. The number of anilines is 1. The van der Waals surface area contributed by atoms with E-state index in [0.29, 0.717) is 23.3 Å². The molecule has 6 nitrogen and oxygen atoms in total. The molecule has 0 aliphatic heterocycles. The van der Waals surface area contributed by atoms with E-state index in [0.717, 1.165) is 16.8 Å². The van der Waals surface area contributed by atoms with Crippen LogP contribution in [0.5, 0.6) is 5.75 Å². The number of benzene rings is 2. The van der Waals surface area contributed by atoms with E-state index in [9.17, 15) is 9.18 Å². The average molecular weight is 427 g/mol. The Morgan fingerprint density at radius 2 is 1.90 bits per heavy atom. The number of hydrogen-bond acceptors (Lipinski definition) is 5. The first-order valence-electron chi connectivity index (χ1n) is 9.37. The lowest BCUT2D eigenvalue weighted by Gasteiger charge is -2.10. The summed E-state index contributed by atoms with van der Waals surface area (Å²) in [5, 5.41) is 11.9. The normalized spacial score (nSPS) is 10.6. The summed E-state index contributed by atoms with van der Waals surface area (Å²) < 4.78 is 20.5. The van der Waals surface area contributed by atoms with Gasteiger partial charge in [0, 0.05) is 12.2 Å². The van der Waals surface area contributed by atoms with Crippen molar-refractivity contribution in [1.29, 1.82) is 0 Å². The van der Waals surface area contributed by atoms with Crippen molar-refractivity contribution in [3.8, 4) is 5.75 Å². The fraction of sp³-hybridized carbons (Fsp3) is 0.227. The molecule has 0 saturated carbocycles. The van der Waals surface area contributed by atoms with Gasteiger partial charge in [-0.1, -0.05) is 23.9 Å². The summed E-state index contributed by atoms with van der Waals surface area (Å²) in [4.78, 5) is 12.4. The number of amides is 1. The first-order valence-corrected chi connectivity index (χ1v) is 10.4. The number of allylic oxidation sites excluding steroid dienone is 1. The Bertz CT molecular complexity index is 1010. The lowest BCUT2D eigenvalue weighted by molar-refractivity contribution is -0.113. The number of carbonyl (C=O) groups excluding carboxylic acids is 1. The second-order valence-corrected chi connectivity index (χ2v) is 7.70. The van der Waals surface area contributed by atoms with Gasteiger partial charge >= 0.3 is 0 Å². The van der Waals surface area contributed by atoms with Crippen molar-refractivity contribution in [2.75, 3.05) is 11.1 Å². The molecule has 1 aromatic heterocycles. The van der Waals surface area contributed by atoms with Crippen molar-refractivity contribution in [3.63, 3.8) is 0 Å². The molecule has 156 valence electrons. The van der Waals surface area contributed by atoms with E-state index in [1.165, 1.54) is 23.9 Å². The molecule has 0 radical (unpaired) electrons. The van der Waals surface area contributed by atoms with Crippen LogP contribution in [0.3, 0.4) is 0 Å². The van der Waals surface area contributed by atoms with Gasteiger partial charge in [-0.2, -0.15) is 0 Å². The van der Waals surface area contributed by atoms with Crippen molar-refractivity contribution in [3.05, 3.63) is 77.9 Å². The third kappa shape index (κ3) is 5.93. The Labute approximate surface area is 179 Å². The number of carbonyl (C=O) groups is 1. The van der Waals surface area contributed by atoms with Crippen molar-refractivity contribution in [2.45, 2.75) is 32.2 Å². The first kappa shape index (κ1) is 21.6. The molecule has 3 rings (SSSR count). The van der Waals surface area contributed by atoms with Gasteiger partial charge in [0.25, 0.3) is 0 Å². The van der Waals surface area contributed by atoms with Crippen LogP contribution in [0.2, 0.25) is 0 Å². The van der Waals surface area contributed by atoms with Crippen LogP contribution in [-0.2, 0) is 17.9 Å². The van der Waals surface area contributed by atoms with Gasteiger partial charge < -0.3 is 10.1 Å². The molecule has 30 heavy (non-hydrogen) atoms. The van der Waals surface area contributed by atoms with Crippen molar-refractivity contribution < 1.29 is 13.9 Å². The second kappa shape index (κ2) is 10.1. The Kier molecular flexibility index (Phi) is 7.24. The minimum absolute atomic E-state index is 0.123. The van der Waals surface area contributed by atoms with Crippen LogP contribution in [0.15, 0.2) is 60.3 Å². The van der Waals surface area contributed by atoms with Crippen LogP contribution in [-0.4, -0.2) is 26.4 Å². The van der Waals surface area contributed by atoms with Gasteiger partial charge in [0.1, 0.15) is 18.2 Å². The Morgan fingerprint density at radius 1 is 1.20 bits per heavy atom. The van der Waals surface area contributed by atoms with E-state index in [1.54, 1.807) is 18.2 Å². The summed E-state index contributed by atoms with van der Waals surface area (Å²) in [6.45, 7) is 8.40. The highest BCUT2D eigenvalue weighted by Gasteiger charge is 2.14. The molecule has 0 saturated heterocycles. The van der Waals surface area contributed by atoms with Crippen LogP contribution in [0, 0.1) is 19.7 Å². The Balaban J connectivity index is 1.61. The standard InChI is InChI=1S/C22H23FN4O2S/c1-4-9-27-20(13-29-19-7-5-17(23)6-8-19)25-26-22(27)30-14-21(28)24-18-11-15(2)10-16(3)12-18/h4-8,10-12H,1,9,13-14H2,2-3H3,(H,24,28). The quantitative estimate of drug-likeness (QED) is 0.402. The summed E-state index contributed by atoms with van der Waals surface area (Å²) in [7, 11) is 0. The molecular formula is C22H23FN4O2S. The molecular weight excluding hydrogens is 403 g/mol. The number of aromatic nitrogens is 3. The second-order valence-electron chi connectivity index (χ2n) is 6.75. The van der Waals surface area contributed by atoms with Gasteiger partial charge in [0.15, 0.2) is 11.0 Å². The topological polar surface area (TPSA) is 69.0 Å². The maximum absolute atomic E-state index is 13.0. The number of thioether (sulfide) groups is 1. The van der Waals surface area contributed by atoms with Gasteiger partial charge in [-0.25, -0.2) is 4.39 Å². The van der Waals surface area contributed by atoms with Gasteiger partial charge in [-0.3, -0.25) is 9.36 Å². The highest BCUT2D eigenvalue weighted by molar-refractivity contribution is 7.99. The summed E-state index contributed by atoms with van der Waals surface area (Å²) in [6, 6.07) is 11.7. The molecule has 0 atom stereocenters. The van der Waals surface area contributed by atoms with E-state index in [4.69, 9.17) is 4.74 Å². The molecule has 1 N–H and O–H groups in total. The molecule has 0 fully saturated rings. The largest absolute Gasteiger partial charge is 0.486 e. The number of nitrogens with zero attached hydrogens (tertiary/aromatic N) is 3. The van der Waals surface area contributed by atoms with E-state index < -0.39 is 0 Å². The summed E-state index contributed by atoms with van der Waals surface area (Å²) in [5.41, 5.74) is 2.96. The zero-order valence-corrected chi connectivity index (χ0v) is 17.7. The minimum atomic E-state index is -0.324. The molecule has 0 bridgehead atoms. The van der Waals surface area contributed by atoms with Crippen molar-refractivity contribution in [1.82, 2.24) is 14.8 Å². The zero-order chi connectivity index (χ0) is 21.5. The predicted molar refractivity (Wildman–Crippen MR) is 116 cm³/mol. The predicted octanol–water partition coefficient (Wildman–Crippen LogP) is 4.53. The summed E-state index contributed by atoms with van der Waals surface area (Å²) >= 11 is 1.29. The number of aryl methyl sites for hydroxylation is 2. The highest BCUT2D eigenvalue weighted by Crippen LogP contribution is 2.20. The van der Waals surface area contributed by atoms with E-state index in [1.807, 2.05) is 30.5 Å². The average Bonchev–Trinajstić information content (AvgIpc) is 3.07. The monoisotopic (exact) mass is 426 g/mol. The van der Waals surface area contributed by atoms with Crippen LogP contribution in [0.4, 0.5) is 10.1 Å².